The van der Waals surface area contributed by atoms with Crippen LogP contribution in [0.1, 0.15) is 5.56 Å². The Kier molecular flexibility index (Phi) is 3.77. The number of imide groups is 1. The third-order valence-corrected chi connectivity index (χ3v) is 2.70. The Balaban J connectivity index is 2.19. The highest BCUT2D eigenvalue weighted by molar-refractivity contribution is 6.17. The standard InChI is InChI=1S/C13H10FN3O3/c14-10-2-1-9(5-8(10)7-15)16-11-6-12(19)17(3-4-18)13(11)20/h1-2,5-6,16,18H,3-4H2. The summed E-state index contributed by atoms with van der Waals surface area (Å²) in [5.41, 5.74) is 0.166. The number of rotatable bonds is 4. The highest BCUT2D eigenvalue weighted by atomic mass is 19.1. The van der Waals surface area contributed by atoms with Crippen molar-refractivity contribution in [3.63, 3.8) is 0 Å². The Bertz CT molecular complexity index is 649. The maximum Gasteiger partial charge on any atom is 0.277 e. The molecule has 2 amide bonds. The number of amides is 2. The van der Waals surface area contributed by atoms with Gasteiger partial charge in [0.05, 0.1) is 18.7 Å². The topological polar surface area (TPSA) is 93.4 Å². The molecule has 2 N–H and O–H groups in total. The number of aliphatic hydroxyl groups excluding tert-OH is 1. The molecule has 1 aromatic carbocycles. The number of hydrogen-bond acceptors (Lipinski definition) is 5. The number of anilines is 1. The van der Waals surface area contributed by atoms with Crippen LogP contribution in [0.5, 0.6) is 0 Å². The van der Waals surface area contributed by atoms with Gasteiger partial charge in [0, 0.05) is 11.8 Å². The molecule has 1 aromatic rings. The SMILES string of the molecule is N#Cc1cc(NC2=CC(=O)N(CCO)C2=O)ccc1F. The second-order valence-electron chi connectivity index (χ2n) is 4.01. The molecule has 0 saturated heterocycles. The van der Waals surface area contributed by atoms with E-state index in [4.69, 9.17) is 10.4 Å². The maximum absolute atomic E-state index is 13.2. The van der Waals surface area contributed by atoms with Gasteiger partial charge >= 0.3 is 0 Å². The lowest BCUT2D eigenvalue weighted by molar-refractivity contribution is -0.137. The normalized spacial score (nSPS) is 14.2. The summed E-state index contributed by atoms with van der Waals surface area (Å²) in [5.74, 6) is -1.77. The van der Waals surface area contributed by atoms with E-state index in [9.17, 15) is 14.0 Å². The van der Waals surface area contributed by atoms with Gasteiger partial charge in [0.15, 0.2) is 0 Å². The molecule has 6 nitrogen and oxygen atoms in total. The van der Waals surface area contributed by atoms with Crippen LogP contribution in [0.25, 0.3) is 0 Å². The molecule has 0 atom stereocenters. The van der Waals surface area contributed by atoms with Gasteiger partial charge < -0.3 is 10.4 Å². The van der Waals surface area contributed by atoms with Crippen LogP contribution in [-0.4, -0.2) is 35.0 Å². The molecule has 102 valence electrons. The number of halogens is 1. The van der Waals surface area contributed by atoms with Gasteiger partial charge in [-0.05, 0) is 18.2 Å². The molecule has 7 heteroatoms. The average Bonchev–Trinajstić information content (AvgIpc) is 2.69. The first-order valence-electron chi connectivity index (χ1n) is 5.72. The van der Waals surface area contributed by atoms with Crippen LogP contribution < -0.4 is 5.32 Å². The molecule has 0 aromatic heterocycles. The van der Waals surface area contributed by atoms with E-state index in [1.807, 2.05) is 0 Å². The molecule has 0 radical (unpaired) electrons. The second-order valence-corrected chi connectivity index (χ2v) is 4.01. The van der Waals surface area contributed by atoms with E-state index in [0.29, 0.717) is 5.69 Å². The number of nitrogens with one attached hydrogen (secondary N) is 1. The molecule has 1 aliphatic heterocycles. The predicted octanol–water partition coefficient (Wildman–Crippen LogP) is 0.354. The molecule has 0 bridgehead atoms. The largest absolute Gasteiger partial charge is 0.395 e. The van der Waals surface area contributed by atoms with Crippen LogP contribution in [0.15, 0.2) is 30.0 Å². The fourth-order valence-corrected chi connectivity index (χ4v) is 1.75. The highest BCUT2D eigenvalue weighted by Gasteiger charge is 2.30. The zero-order valence-corrected chi connectivity index (χ0v) is 10.3. The van der Waals surface area contributed by atoms with Crippen molar-refractivity contribution in [1.29, 1.82) is 5.26 Å². The monoisotopic (exact) mass is 275 g/mol. The maximum atomic E-state index is 13.2. The summed E-state index contributed by atoms with van der Waals surface area (Å²) in [6.07, 6.45) is 1.09. The number of nitrogens with zero attached hydrogens (tertiary/aromatic N) is 2. The van der Waals surface area contributed by atoms with Crippen LogP contribution in [0, 0.1) is 17.1 Å². The number of aliphatic hydroxyl groups is 1. The molecule has 20 heavy (non-hydrogen) atoms. The summed E-state index contributed by atoms with van der Waals surface area (Å²) in [7, 11) is 0. The Morgan fingerprint density at radius 3 is 2.80 bits per heavy atom. The van der Waals surface area contributed by atoms with Crippen molar-refractivity contribution >= 4 is 17.5 Å². The summed E-state index contributed by atoms with van der Waals surface area (Å²) in [6.45, 7) is -0.417. The van der Waals surface area contributed by atoms with Gasteiger partial charge in [-0.2, -0.15) is 5.26 Å². The lowest BCUT2D eigenvalue weighted by Gasteiger charge is -2.13. The predicted molar refractivity (Wildman–Crippen MR) is 66.6 cm³/mol. The van der Waals surface area contributed by atoms with Crippen molar-refractivity contribution in [3.05, 3.63) is 41.4 Å². The van der Waals surface area contributed by atoms with Crippen LogP contribution in [-0.2, 0) is 9.59 Å². The molecule has 1 aliphatic rings. The highest BCUT2D eigenvalue weighted by Crippen LogP contribution is 2.19. The molecule has 0 saturated carbocycles. The Labute approximate surface area is 113 Å². The van der Waals surface area contributed by atoms with Gasteiger partial charge in [-0.15, -0.1) is 0 Å². The molecule has 0 spiro atoms. The van der Waals surface area contributed by atoms with Gasteiger partial charge in [0.1, 0.15) is 17.6 Å². The van der Waals surface area contributed by atoms with Crippen molar-refractivity contribution in [3.8, 4) is 6.07 Å². The van der Waals surface area contributed by atoms with Gasteiger partial charge in [0.2, 0.25) is 0 Å². The average molecular weight is 275 g/mol. The van der Waals surface area contributed by atoms with E-state index in [1.54, 1.807) is 6.07 Å². The summed E-state index contributed by atoms with van der Waals surface area (Å²) in [5, 5.41) is 20.2. The summed E-state index contributed by atoms with van der Waals surface area (Å²) in [6, 6.07) is 5.36. The summed E-state index contributed by atoms with van der Waals surface area (Å²) in [4.78, 5) is 24.3. The number of carbonyl (C=O) groups excluding carboxylic acids is 2. The lowest BCUT2D eigenvalue weighted by Crippen LogP contribution is -2.34. The molecule has 1 heterocycles. The first-order valence-corrected chi connectivity index (χ1v) is 5.72. The minimum absolute atomic E-state index is 0.0129. The number of β-amino-alcohol motifs (C(OH)–C–C–N with tert-alkyl or cyclic N) is 1. The second kappa shape index (κ2) is 5.50. The quantitative estimate of drug-likeness (QED) is 0.773. The van der Waals surface area contributed by atoms with Crippen molar-refractivity contribution in [2.24, 2.45) is 0 Å². The zero-order valence-electron chi connectivity index (χ0n) is 10.3. The number of nitriles is 1. The Morgan fingerprint density at radius 1 is 1.40 bits per heavy atom. The Hall–Kier alpha value is -2.72. The Morgan fingerprint density at radius 2 is 2.15 bits per heavy atom. The molecule has 0 aliphatic carbocycles. The minimum Gasteiger partial charge on any atom is -0.395 e. The number of benzene rings is 1. The van der Waals surface area contributed by atoms with E-state index in [-0.39, 0.29) is 24.4 Å². The van der Waals surface area contributed by atoms with E-state index in [1.165, 1.54) is 12.1 Å². The summed E-state index contributed by atoms with van der Waals surface area (Å²) >= 11 is 0. The molecular formula is C13H10FN3O3. The third kappa shape index (κ3) is 2.50. The first-order chi connectivity index (χ1) is 9.56. The minimum atomic E-state index is -0.664. The van der Waals surface area contributed by atoms with E-state index >= 15 is 0 Å². The first kappa shape index (κ1) is 13.7. The van der Waals surface area contributed by atoms with Crippen LogP contribution in [0.3, 0.4) is 0 Å². The summed E-state index contributed by atoms with van der Waals surface area (Å²) < 4.78 is 13.2. The smallest absolute Gasteiger partial charge is 0.277 e. The fourth-order valence-electron chi connectivity index (χ4n) is 1.75. The van der Waals surface area contributed by atoms with Crippen molar-refractivity contribution < 1.29 is 19.1 Å². The van der Waals surface area contributed by atoms with Crippen molar-refractivity contribution in [1.82, 2.24) is 4.90 Å². The third-order valence-electron chi connectivity index (χ3n) is 2.70. The van der Waals surface area contributed by atoms with Gasteiger partial charge in [-0.3, -0.25) is 14.5 Å². The van der Waals surface area contributed by atoms with Gasteiger partial charge in [-0.25, -0.2) is 4.39 Å². The fraction of sp³-hybridized carbons (Fsp3) is 0.154. The van der Waals surface area contributed by atoms with E-state index < -0.39 is 17.6 Å². The number of hydrogen-bond donors (Lipinski definition) is 2. The lowest BCUT2D eigenvalue weighted by atomic mass is 10.2. The van der Waals surface area contributed by atoms with Crippen LogP contribution in [0.4, 0.5) is 10.1 Å². The van der Waals surface area contributed by atoms with Gasteiger partial charge in [-0.1, -0.05) is 0 Å². The van der Waals surface area contributed by atoms with Gasteiger partial charge in [0.25, 0.3) is 11.8 Å². The zero-order chi connectivity index (χ0) is 14.7. The van der Waals surface area contributed by atoms with Crippen LogP contribution in [0.2, 0.25) is 0 Å². The van der Waals surface area contributed by atoms with E-state index in [2.05, 4.69) is 5.32 Å². The molecular weight excluding hydrogens is 265 g/mol. The van der Waals surface area contributed by atoms with Crippen LogP contribution >= 0.6 is 0 Å². The van der Waals surface area contributed by atoms with Crippen molar-refractivity contribution in [2.45, 2.75) is 0 Å². The molecule has 2 rings (SSSR count). The number of carbonyl (C=O) groups is 2. The molecule has 0 fully saturated rings. The molecule has 0 unspecified atom stereocenters. The van der Waals surface area contributed by atoms with E-state index in [0.717, 1.165) is 17.0 Å². The van der Waals surface area contributed by atoms with Crippen molar-refractivity contribution in [2.75, 3.05) is 18.5 Å².